The molecule has 0 aromatic heterocycles. The second-order valence-corrected chi connectivity index (χ2v) is 3.51. The second kappa shape index (κ2) is 4.18. The molecule has 72 valence electrons. The predicted octanol–water partition coefficient (Wildman–Crippen LogP) is -1.17. The lowest BCUT2D eigenvalue weighted by molar-refractivity contribution is 0.0127. The molecule has 0 heterocycles. The Morgan fingerprint density at radius 3 is 2.33 bits per heavy atom. The first-order valence-electron chi connectivity index (χ1n) is 4.39. The first-order valence-corrected chi connectivity index (χ1v) is 4.39. The molecule has 12 heavy (non-hydrogen) atoms. The monoisotopic (exact) mass is 175 g/mol. The van der Waals surface area contributed by atoms with Crippen LogP contribution < -0.4 is 5.73 Å². The van der Waals surface area contributed by atoms with Crippen LogP contribution in [-0.4, -0.2) is 40.2 Å². The minimum absolute atomic E-state index is 0.0575. The van der Waals surface area contributed by atoms with Gasteiger partial charge in [-0.1, -0.05) is 0 Å². The molecule has 0 radical (unpaired) electrons. The van der Waals surface area contributed by atoms with E-state index in [-0.39, 0.29) is 18.6 Å². The fourth-order valence-electron chi connectivity index (χ4n) is 1.80. The van der Waals surface area contributed by atoms with Crippen LogP contribution in [0.15, 0.2) is 0 Å². The van der Waals surface area contributed by atoms with Crippen molar-refractivity contribution in [3.63, 3.8) is 0 Å². The molecule has 0 amide bonds. The largest absolute Gasteiger partial charge is 0.396 e. The Morgan fingerprint density at radius 1 is 1.25 bits per heavy atom. The number of hydrogen-bond acceptors (Lipinski definition) is 4. The van der Waals surface area contributed by atoms with E-state index in [2.05, 4.69) is 0 Å². The highest BCUT2D eigenvalue weighted by Crippen LogP contribution is 2.28. The molecule has 0 saturated heterocycles. The molecule has 1 aliphatic rings. The van der Waals surface area contributed by atoms with E-state index < -0.39 is 12.2 Å². The van der Waals surface area contributed by atoms with Gasteiger partial charge in [-0.3, -0.25) is 0 Å². The van der Waals surface area contributed by atoms with E-state index in [1.54, 1.807) is 0 Å². The van der Waals surface area contributed by atoms with Crippen molar-refractivity contribution in [2.75, 3.05) is 6.61 Å². The summed E-state index contributed by atoms with van der Waals surface area (Å²) in [5.41, 5.74) is 5.56. The third-order valence-electron chi connectivity index (χ3n) is 2.58. The van der Waals surface area contributed by atoms with E-state index in [1.165, 1.54) is 0 Å². The van der Waals surface area contributed by atoms with Crippen LogP contribution in [0.1, 0.15) is 19.3 Å². The average Bonchev–Trinajstić information content (AvgIpc) is 2.30. The normalized spacial score (nSPS) is 42.0. The summed E-state index contributed by atoms with van der Waals surface area (Å²) in [6.45, 7) is 0.133. The maximum atomic E-state index is 9.44. The molecule has 0 bridgehead atoms. The Kier molecular flexibility index (Phi) is 3.46. The van der Waals surface area contributed by atoms with E-state index in [0.29, 0.717) is 12.8 Å². The molecule has 0 aliphatic heterocycles. The van der Waals surface area contributed by atoms with Crippen LogP contribution in [0, 0.1) is 5.92 Å². The maximum Gasteiger partial charge on any atom is 0.0952 e. The zero-order chi connectivity index (χ0) is 9.14. The van der Waals surface area contributed by atoms with Crippen LogP contribution in [-0.2, 0) is 0 Å². The lowest BCUT2D eigenvalue weighted by Gasteiger charge is -2.15. The van der Waals surface area contributed by atoms with Gasteiger partial charge in [-0.15, -0.1) is 0 Å². The molecular weight excluding hydrogens is 158 g/mol. The molecule has 4 atom stereocenters. The van der Waals surface area contributed by atoms with Crippen molar-refractivity contribution < 1.29 is 15.3 Å². The fourth-order valence-corrected chi connectivity index (χ4v) is 1.80. The van der Waals surface area contributed by atoms with Crippen LogP contribution >= 0.6 is 0 Å². The number of hydrogen-bond donors (Lipinski definition) is 4. The van der Waals surface area contributed by atoms with Crippen molar-refractivity contribution in [2.45, 2.75) is 37.5 Å². The van der Waals surface area contributed by atoms with Crippen molar-refractivity contribution in [2.24, 2.45) is 11.7 Å². The van der Waals surface area contributed by atoms with Crippen molar-refractivity contribution >= 4 is 0 Å². The summed E-state index contributed by atoms with van der Waals surface area (Å²) in [4.78, 5) is 0. The van der Waals surface area contributed by atoms with Gasteiger partial charge < -0.3 is 21.1 Å². The van der Waals surface area contributed by atoms with Gasteiger partial charge in [0, 0.05) is 12.6 Å². The lowest BCUT2D eigenvalue weighted by Crippen LogP contribution is -2.35. The van der Waals surface area contributed by atoms with Gasteiger partial charge in [0.05, 0.1) is 12.2 Å². The molecule has 4 heteroatoms. The molecule has 0 aromatic carbocycles. The van der Waals surface area contributed by atoms with Gasteiger partial charge in [-0.05, 0) is 25.2 Å². The smallest absolute Gasteiger partial charge is 0.0952 e. The molecule has 1 rings (SSSR count). The highest BCUT2D eigenvalue weighted by Gasteiger charge is 2.38. The summed E-state index contributed by atoms with van der Waals surface area (Å²) in [5.74, 6) is 0.0575. The van der Waals surface area contributed by atoms with Crippen LogP contribution in [0.2, 0.25) is 0 Å². The average molecular weight is 175 g/mol. The van der Waals surface area contributed by atoms with Gasteiger partial charge in [0.25, 0.3) is 0 Å². The van der Waals surface area contributed by atoms with Gasteiger partial charge in [-0.2, -0.15) is 0 Å². The quantitative estimate of drug-likeness (QED) is 0.435. The Bertz CT molecular complexity index is 142. The summed E-state index contributed by atoms with van der Waals surface area (Å²) in [7, 11) is 0. The van der Waals surface area contributed by atoms with Crippen molar-refractivity contribution in [1.29, 1.82) is 0 Å². The Hall–Kier alpha value is -0.160. The summed E-state index contributed by atoms with van der Waals surface area (Å²) in [6.07, 6.45) is 0.576. The second-order valence-electron chi connectivity index (χ2n) is 3.51. The number of aliphatic hydroxyl groups is 3. The van der Waals surface area contributed by atoms with Gasteiger partial charge in [-0.25, -0.2) is 0 Å². The molecule has 5 N–H and O–H groups in total. The first kappa shape index (κ1) is 9.92. The van der Waals surface area contributed by atoms with Gasteiger partial charge in [0.2, 0.25) is 0 Å². The van der Waals surface area contributed by atoms with Crippen LogP contribution in [0.5, 0.6) is 0 Å². The van der Waals surface area contributed by atoms with Gasteiger partial charge in [0.15, 0.2) is 0 Å². The third-order valence-corrected chi connectivity index (χ3v) is 2.58. The number of rotatable bonds is 3. The number of nitrogens with two attached hydrogens (primary N) is 1. The molecule has 1 saturated carbocycles. The SMILES string of the molecule is NC1CC(CCCO)C(O)C1O. The molecule has 1 aliphatic carbocycles. The molecule has 1 fully saturated rings. The Balaban J connectivity index is 2.36. The third kappa shape index (κ3) is 1.95. The van der Waals surface area contributed by atoms with Crippen LogP contribution in [0.3, 0.4) is 0 Å². The van der Waals surface area contributed by atoms with Crippen molar-refractivity contribution in [3.8, 4) is 0 Å². The molecule has 4 unspecified atom stereocenters. The van der Waals surface area contributed by atoms with Crippen LogP contribution in [0.4, 0.5) is 0 Å². The zero-order valence-electron chi connectivity index (χ0n) is 7.06. The molecule has 0 spiro atoms. The van der Waals surface area contributed by atoms with Crippen LogP contribution in [0.25, 0.3) is 0 Å². The summed E-state index contributed by atoms with van der Waals surface area (Å²) >= 11 is 0. The minimum Gasteiger partial charge on any atom is -0.396 e. The molecule has 4 nitrogen and oxygen atoms in total. The highest BCUT2D eigenvalue weighted by atomic mass is 16.3. The van der Waals surface area contributed by atoms with E-state index in [4.69, 9.17) is 10.8 Å². The fraction of sp³-hybridized carbons (Fsp3) is 1.00. The lowest BCUT2D eigenvalue weighted by atomic mass is 9.99. The highest BCUT2D eigenvalue weighted by molar-refractivity contribution is 4.93. The van der Waals surface area contributed by atoms with E-state index >= 15 is 0 Å². The van der Waals surface area contributed by atoms with Gasteiger partial charge in [0.1, 0.15) is 0 Å². The van der Waals surface area contributed by atoms with E-state index in [1.807, 2.05) is 0 Å². The minimum atomic E-state index is -0.784. The first-order chi connectivity index (χ1) is 5.66. The van der Waals surface area contributed by atoms with Crippen molar-refractivity contribution in [1.82, 2.24) is 0 Å². The summed E-state index contributed by atoms with van der Waals surface area (Å²) in [6, 6.07) is -0.302. The number of aliphatic hydroxyl groups excluding tert-OH is 3. The zero-order valence-corrected chi connectivity index (χ0v) is 7.06. The maximum absolute atomic E-state index is 9.44. The summed E-state index contributed by atoms with van der Waals surface area (Å²) in [5, 5.41) is 27.3. The van der Waals surface area contributed by atoms with Gasteiger partial charge >= 0.3 is 0 Å². The molecular formula is C8H17NO3. The van der Waals surface area contributed by atoms with E-state index in [9.17, 15) is 10.2 Å². The Labute approximate surface area is 72.0 Å². The van der Waals surface area contributed by atoms with Crippen molar-refractivity contribution in [3.05, 3.63) is 0 Å². The standard InChI is InChI=1S/C8H17NO3/c9-6-4-5(2-1-3-10)7(11)8(6)12/h5-8,10-12H,1-4,9H2. The molecule has 0 aromatic rings. The predicted molar refractivity (Wildman–Crippen MR) is 44.4 cm³/mol. The van der Waals surface area contributed by atoms with E-state index in [0.717, 1.165) is 6.42 Å². The Morgan fingerprint density at radius 2 is 1.92 bits per heavy atom. The topological polar surface area (TPSA) is 86.7 Å². The summed E-state index contributed by atoms with van der Waals surface area (Å²) < 4.78 is 0.